The summed E-state index contributed by atoms with van der Waals surface area (Å²) in [6.45, 7) is 2.17. The van der Waals surface area contributed by atoms with Crippen molar-refractivity contribution >= 4 is 22.6 Å². The molecule has 1 aliphatic heterocycles. The van der Waals surface area contributed by atoms with Crippen molar-refractivity contribution in [2.45, 2.75) is 12.8 Å². The van der Waals surface area contributed by atoms with Crippen molar-refractivity contribution in [1.29, 1.82) is 0 Å². The van der Waals surface area contributed by atoms with E-state index in [1.54, 1.807) is 30.3 Å². The van der Waals surface area contributed by atoms with Gasteiger partial charge in [0.25, 0.3) is 5.91 Å². The molecule has 1 aliphatic rings. The first kappa shape index (κ1) is 17.3. The zero-order valence-electron chi connectivity index (χ0n) is 14.7. The van der Waals surface area contributed by atoms with Crippen LogP contribution in [0.5, 0.6) is 5.88 Å². The number of carbonyl (C=O) groups excluding carboxylic acids is 1. The van der Waals surface area contributed by atoms with Crippen LogP contribution in [0.4, 0.5) is 5.69 Å². The molecule has 1 saturated heterocycles. The van der Waals surface area contributed by atoms with E-state index in [0.29, 0.717) is 40.7 Å². The number of pyridine rings is 1. The van der Waals surface area contributed by atoms with Crippen molar-refractivity contribution in [1.82, 2.24) is 15.0 Å². The molecule has 0 spiro atoms. The number of imidazole rings is 1. The molecule has 1 aromatic carbocycles. The molecule has 0 unspecified atom stereocenters. The van der Waals surface area contributed by atoms with Gasteiger partial charge in [-0.3, -0.25) is 4.79 Å². The predicted molar refractivity (Wildman–Crippen MR) is 100 cm³/mol. The fourth-order valence-electron chi connectivity index (χ4n) is 3.03. The predicted octanol–water partition coefficient (Wildman–Crippen LogP) is 2.31. The van der Waals surface area contributed by atoms with Gasteiger partial charge in [0.05, 0.1) is 23.2 Å². The number of fused-ring (bicyclic) bond motifs is 1. The summed E-state index contributed by atoms with van der Waals surface area (Å²) in [6.07, 6.45) is 3.49. The van der Waals surface area contributed by atoms with E-state index in [1.807, 2.05) is 0 Å². The van der Waals surface area contributed by atoms with Gasteiger partial charge in [-0.15, -0.1) is 0 Å². The highest BCUT2D eigenvalue weighted by Gasteiger charge is 2.15. The summed E-state index contributed by atoms with van der Waals surface area (Å²) in [5.74, 6) is 0.707. The summed E-state index contributed by atoms with van der Waals surface area (Å²) >= 11 is 0. The maximum Gasteiger partial charge on any atom is 0.323 e. The Morgan fingerprint density at radius 3 is 2.78 bits per heavy atom. The van der Waals surface area contributed by atoms with Gasteiger partial charge in [-0.05, 0) is 43.0 Å². The number of aromatic nitrogens is 3. The van der Waals surface area contributed by atoms with Crippen LogP contribution in [0.15, 0.2) is 41.3 Å². The Hall–Kier alpha value is -3.13. The minimum Gasteiger partial charge on any atom is -0.477 e. The lowest BCUT2D eigenvalue weighted by Gasteiger charge is -2.21. The van der Waals surface area contributed by atoms with Crippen LogP contribution >= 0.6 is 0 Å². The van der Waals surface area contributed by atoms with Crippen molar-refractivity contribution in [3.05, 3.63) is 52.6 Å². The normalized spacial score (nSPS) is 15.0. The van der Waals surface area contributed by atoms with E-state index < -0.39 is 0 Å². The van der Waals surface area contributed by atoms with Crippen molar-refractivity contribution in [2.24, 2.45) is 5.92 Å². The highest BCUT2D eigenvalue weighted by Crippen LogP contribution is 2.18. The molecule has 3 heterocycles. The van der Waals surface area contributed by atoms with Crippen LogP contribution in [-0.4, -0.2) is 40.7 Å². The molecule has 1 fully saturated rings. The molecule has 3 N–H and O–H groups in total. The molecular formula is C19H20N4O4. The summed E-state index contributed by atoms with van der Waals surface area (Å²) in [4.78, 5) is 33.2. The van der Waals surface area contributed by atoms with Gasteiger partial charge in [0.15, 0.2) is 0 Å². The van der Waals surface area contributed by atoms with Gasteiger partial charge in [-0.1, -0.05) is 0 Å². The lowest BCUT2D eigenvalue weighted by atomic mass is 10.0. The summed E-state index contributed by atoms with van der Waals surface area (Å²) < 4.78 is 11.0. The van der Waals surface area contributed by atoms with Crippen LogP contribution < -0.4 is 15.7 Å². The zero-order chi connectivity index (χ0) is 18.6. The third kappa shape index (κ3) is 4.17. The molecule has 2 aromatic heterocycles. The maximum absolute atomic E-state index is 12.4. The molecular weight excluding hydrogens is 348 g/mol. The Labute approximate surface area is 154 Å². The largest absolute Gasteiger partial charge is 0.477 e. The van der Waals surface area contributed by atoms with Crippen LogP contribution in [-0.2, 0) is 4.74 Å². The van der Waals surface area contributed by atoms with E-state index >= 15 is 0 Å². The van der Waals surface area contributed by atoms with Gasteiger partial charge in [0.2, 0.25) is 5.88 Å². The number of amides is 1. The number of ether oxygens (including phenoxy) is 2. The highest BCUT2D eigenvalue weighted by atomic mass is 16.5. The van der Waals surface area contributed by atoms with E-state index in [1.165, 1.54) is 6.20 Å². The number of aromatic amines is 2. The van der Waals surface area contributed by atoms with Crippen LogP contribution in [0, 0.1) is 5.92 Å². The molecule has 0 aliphatic carbocycles. The average molecular weight is 368 g/mol. The molecule has 4 rings (SSSR count). The first-order chi connectivity index (χ1) is 13.2. The number of nitrogens with one attached hydrogen (secondary N) is 3. The van der Waals surface area contributed by atoms with Crippen molar-refractivity contribution in [2.75, 3.05) is 25.1 Å². The van der Waals surface area contributed by atoms with Gasteiger partial charge >= 0.3 is 5.69 Å². The number of H-pyrrole nitrogens is 2. The Morgan fingerprint density at radius 2 is 2.00 bits per heavy atom. The van der Waals surface area contributed by atoms with Crippen LogP contribution in [0.3, 0.4) is 0 Å². The minimum atomic E-state index is -0.283. The van der Waals surface area contributed by atoms with E-state index in [4.69, 9.17) is 9.47 Å². The van der Waals surface area contributed by atoms with Gasteiger partial charge in [-0.25, -0.2) is 9.78 Å². The topological polar surface area (TPSA) is 109 Å². The SMILES string of the molecule is O=C(Nc1ccc2[nH]c(=O)[nH]c2c1)c1ccc(OCC2CCOCC2)nc1. The lowest BCUT2D eigenvalue weighted by Crippen LogP contribution is -2.21. The molecule has 27 heavy (non-hydrogen) atoms. The summed E-state index contributed by atoms with van der Waals surface area (Å²) in [5.41, 5.74) is 2.05. The number of rotatable bonds is 5. The summed E-state index contributed by atoms with van der Waals surface area (Å²) in [5, 5.41) is 2.79. The fourth-order valence-corrected chi connectivity index (χ4v) is 3.03. The summed E-state index contributed by atoms with van der Waals surface area (Å²) in [7, 11) is 0. The second-order valence-electron chi connectivity index (χ2n) is 6.55. The molecule has 140 valence electrons. The lowest BCUT2D eigenvalue weighted by molar-refractivity contribution is 0.0490. The number of benzene rings is 1. The summed E-state index contributed by atoms with van der Waals surface area (Å²) in [6, 6.07) is 8.53. The molecule has 0 atom stereocenters. The number of carbonyl (C=O) groups is 1. The molecule has 0 bridgehead atoms. The van der Waals surface area contributed by atoms with Crippen molar-refractivity contribution in [3.63, 3.8) is 0 Å². The molecule has 0 radical (unpaired) electrons. The first-order valence-electron chi connectivity index (χ1n) is 8.87. The third-order valence-corrected chi connectivity index (χ3v) is 4.58. The second-order valence-corrected chi connectivity index (χ2v) is 6.55. The molecule has 3 aromatic rings. The zero-order valence-corrected chi connectivity index (χ0v) is 14.7. The average Bonchev–Trinajstić information content (AvgIpc) is 3.07. The number of nitrogens with zero attached hydrogens (tertiary/aromatic N) is 1. The smallest absolute Gasteiger partial charge is 0.323 e. The Bertz CT molecular complexity index is 987. The monoisotopic (exact) mass is 368 g/mol. The van der Waals surface area contributed by atoms with E-state index in [-0.39, 0.29) is 11.6 Å². The van der Waals surface area contributed by atoms with E-state index in [2.05, 4.69) is 20.3 Å². The van der Waals surface area contributed by atoms with Crippen molar-refractivity contribution in [3.8, 4) is 5.88 Å². The Balaban J connectivity index is 1.37. The maximum atomic E-state index is 12.4. The van der Waals surface area contributed by atoms with E-state index in [0.717, 1.165) is 26.1 Å². The Kier molecular flexibility index (Phi) is 4.88. The quantitative estimate of drug-likeness (QED) is 0.640. The number of hydrogen-bond acceptors (Lipinski definition) is 5. The minimum absolute atomic E-state index is 0.282. The molecule has 1 amide bonds. The first-order valence-corrected chi connectivity index (χ1v) is 8.87. The molecule has 8 nitrogen and oxygen atoms in total. The number of anilines is 1. The Morgan fingerprint density at radius 1 is 1.19 bits per heavy atom. The standard InChI is InChI=1S/C19H20N4O4/c24-18(21-14-2-3-15-16(9-14)23-19(25)22-15)13-1-4-17(20-10-13)27-11-12-5-7-26-8-6-12/h1-4,9-10,12H,5-8,11H2,(H,21,24)(H2,22,23,25). The van der Waals surface area contributed by atoms with E-state index in [9.17, 15) is 9.59 Å². The van der Waals surface area contributed by atoms with Crippen LogP contribution in [0.2, 0.25) is 0 Å². The number of hydrogen-bond donors (Lipinski definition) is 3. The van der Waals surface area contributed by atoms with Crippen molar-refractivity contribution < 1.29 is 14.3 Å². The second kappa shape index (κ2) is 7.63. The van der Waals surface area contributed by atoms with Gasteiger partial charge < -0.3 is 24.8 Å². The van der Waals surface area contributed by atoms with Crippen LogP contribution in [0.25, 0.3) is 11.0 Å². The fraction of sp³-hybridized carbons (Fsp3) is 0.316. The molecule has 8 heteroatoms. The van der Waals surface area contributed by atoms with Gasteiger partial charge in [0, 0.05) is 31.2 Å². The molecule has 0 saturated carbocycles. The van der Waals surface area contributed by atoms with Crippen LogP contribution in [0.1, 0.15) is 23.2 Å². The highest BCUT2D eigenvalue weighted by molar-refractivity contribution is 6.04. The van der Waals surface area contributed by atoms with Gasteiger partial charge in [0.1, 0.15) is 0 Å². The third-order valence-electron chi connectivity index (χ3n) is 4.58. The van der Waals surface area contributed by atoms with Gasteiger partial charge in [-0.2, -0.15) is 0 Å².